The van der Waals surface area contributed by atoms with Crippen LogP contribution in [-0.4, -0.2) is 31.7 Å². The third kappa shape index (κ3) is 5.08. The Labute approximate surface area is 235 Å². The standard InChI is InChI=1S/C28H24ClN9O2/c1-5-23(39)32-19-10-9-13-21(14-19)38-25-18(16-36(27(38)40)20-11-7-6-8-12-20)15-31-26(34-25)33-22-17-37(35-24(22)29)28(2,3)30-4/h5-15,17H,1,16H2,2-3H3,(H,32,39)(H,31,33,34). The highest BCUT2D eigenvalue weighted by molar-refractivity contribution is 6.32. The molecule has 2 N–H and O–H groups in total. The van der Waals surface area contributed by atoms with Gasteiger partial charge in [0.05, 0.1) is 24.1 Å². The zero-order valence-corrected chi connectivity index (χ0v) is 22.4. The number of urea groups is 1. The SMILES string of the molecule is [C-]#[N+]C(C)(C)n1cc(Nc2ncc3c(n2)N(c2cccc(NC(=O)C=C)c2)C(=O)N(c2ccccc2)C3)c(Cl)n1. The summed E-state index contributed by atoms with van der Waals surface area (Å²) < 4.78 is 1.46. The van der Waals surface area contributed by atoms with Crippen LogP contribution in [0.15, 0.2) is 79.6 Å². The van der Waals surface area contributed by atoms with Crippen LogP contribution in [0, 0.1) is 6.57 Å². The molecule has 0 saturated heterocycles. The summed E-state index contributed by atoms with van der Waals surface area (Å²) in [4.78, 5) is 41.7. The van der Waals surface area contributed by atoms with Crippen molar-refractivity contribution < 1.29 is 9.59 Å². The maximum Gasteiger partial charge on any atom is 0.335 e. The minimum atomic E-state index is -0.934. The molecule has 200 valence electrons. The van der Waals surface area contributed by atoms with Gasteiger partial charge in [-0.25, -0.2) is 21.3 Å². The lowest BCUT2D eigenvalue weighted by Crippen LogP contribution is -2.45. The van der Waals surface area contributed by atoms with E-state index in [0.29, 0.717) is 34.1 Å². The zero-order valence-electron chi connectivity index (χ0n) is 21.7. The molecule has 1 aliphatic rings. The molecule has 0 unspecified atom stereocenters. The lowest BCUT2D eigenvalue weighted by Gasteiger charge is -2.36. The molecule has 3 amide bonds. The number of hydrogen-bond acceptors (Lipinski definition) is 6. The van der Waals surface area contributed by atoms with E-state index in [1.54, 1.807) is 55.4 Å². The summed E-state index contributed by atoms with van der Waals surface area (Å²) in [6, 6.07) is 15.8. The van der Waals surface area contributed by atoms with Crippen molar-refractivity contribution in [3.63, 3.8) is 0 Å². The largest absolute Gasteiger partial charge is 0.335 e. The minimum absolute atomic E-state index is 0.145. The second kappa shape index (κ2) is 10.5. The van der Waals surface area contributed by atoms with Crippen molar-refractivity contribution in [1.29, 1.82) is 0 Å². The summed E-state index contributed by atoms with van der Waals surface area (Å²) in [6.45, 7) is 14.6. The monoisotopic (exact) mass is 553 g/mol. The van der Waals surface area contributed by atoms with Gasteiger partial charge in [-0.3, -0.25) is 14.5 Å². The molecule has 0 atom stereocenters. The Morgan fingerprint density at radius 3 is 2.65 bits per heavy atom. The number of carbonyl (C=O) groups excluding carboxylic acids is 2. The quantitative estimate of drug-likeness (QED) is 0.212. The van der Waals surface area contributed by atoms with Gasteiger partial charge in [-0.1, -0.05) is 42.4 Å². The molecular weight excluding hydrogens is 530 g/mol. The fourth-order valence-electron chi connectivity index (χ4n) is 4.06. The lowest BCUT2D eigenvalue weighted by molar-refractivity contribution is -0.111. The molecule has 0 saturated carbocycles. The minimum Gasteiger partial charge on any atom is -0.322 e. The third-order valence-electron chi connectivity index (χ3n) is 6.18. The van der Waals surface area contributed by atoms with Gasteiger partial charge in [-0.15, -0.1) is 0 Å². The van der Waals surface area contributed by atoms with Crippen molar-refractivity contribution in [1.82, 2.24) is 19.7 Å². The highest BCUT2D eigenvalue weighted by Crippen LogP contribution is 2.37. The number of carbonyl (C=O) groups is 2. The van der Waals surface area contributed by atoms with E-state index in [-0.39, 0.29) is 29.6 Å². The van der Waals surface area contributed by atoms with Crippen LogP contribution in [-0.2, 0) is 17.0 Å². The first kappa shape index (κ1) is 26.4. The summed E-state index contributed by atoms with van der Waals surface area (Å²) in [5, 5.41) is 10.2. The second-order valence-corrected chi connectivity index (χ2v) is 9.69. The molecule has 11 nitrogen and oxygen atoms in total. The summed E-state index contributed by atoms with van der Waals surface area (Å²) in [6.07, 6.45) is 4.42. The van der Waals surface area contributed by atoms with Crippen LogP contribution in [0.25, 0.3) is 4.85 Å². The number of hydrogen-bond donors (Lipinski definition) is 2. The number of benzene rings is 2. The van der Waals surface area contributed by atoms with E-state index in [1.807, 2.05) is 30.3 Å². The summed E-state index contributed by atoms with van der Waals surface area (Å²) in [5.41, 5.74) is 1.86. The van der Waals surface area contributed by atoms with E-state index in [1.165, 1.54) is 15.7 Å². The van der Waals surface area contributed by atoms with Crippen LogP contribution in [0.1, 0.15) is 19.4 Å². The molecular formula is C28H24ClN9O2. The van der Waals surface area contributed by atoms with Gasteiger partial charge in [-0.05, 0) is 36.4 Å². The Bertz CT molecular complexity index is 1660. The first-order chi connectivity index (χ1) is 19.2. The lowest BCUT2D eigenvalue weighted by atomic mass is 10.1. The predicted octanol–water partition coefficient (Wildman–Crippen LogP) is 6.08. The van der Waals surface area contributed by atoms with Crippen molar-refractivity contribution in [3.8, 4) is 0 Å². The van der Waals surface area contributed by atoms with Crippen molar-refractivity contribution in [2.45, 2.75) is 26.1 Å². The molecule has 40 heavy (non-hydrogen) atoms. The number of nitrogens with one attached hydrogen (secondary N) is 2. The maximum absolute atomic E-state index is 14.0. The number of amides is 3. The summed E-state index contributed by atoms with van der Waals surface area (Å²) in [5.74, 6) is 0.177. The van der Waals surface area contributed by atoms with Crippen LogP contribution in [0.5, 0.6) is 0 Å². The van der Waals surface area contributed by atoms with Gasteiger partial charge in [0.2, 0.25) is 11.9 Å². The Morgan fingerprint density at radius 2 is 1.93 bits per heavy atom. The normalized spacial score (nSPS) is 12.9. The van der Waals surface area contributed by atoms with Crippen molar-refractivity contribution in [2.24, 2.45) is 0 Å². The fourth-order valence-corrected chi connectivity index (χ4v) is 4.24. The number of rotatable bonds is 7. The molecule has 0 fully saturated rings. The van der Waals surface area contributed by atoms with E-state index < -0.39 is 5.66 Å². The number of aromatic nitrogens is 4. The average molecular weight is 554 g/mol. The molecule has 2 aromatic carbocycles. The Morgan fingerprint density at radius 1 is 1.18 bits per heavy atom. The topological polar surface area (TPSA) is 113 Å². The zero-order chi connectivity index (χ0) is 28.4. The summed E-state index contributed by atoms with van der Waals surface area (Å²) in [7, 11) is 0. The Kier molecular flexibility index (Phi) is 6.94. The molecule has 2 aromatic heterocycles. The number of anilines is 6. The van der Waals surface area contributed by atoms with Crippen molar-refractivity contribution >= 4 is 58.1 Å². The maximum atomic E-state index is 14.0. The second-order valence-electron chi connectivity index (χ2n) is 9.34. The number of para-hydroxylation sites is 1. The smallest absolute Gasteiger partial charge is 0.322 e. The number of fused-ring (bicyclic) bond motifs is 1. The van der Waals surface area contributed by atoms with Gasteiger partial charge in [0.1, 0.15) is 0 Å². The molecule has 3 heterocycles. The van der Waals surface area contributed by atoms with E-state index in [0.717, 1.165) is 0 Å². The Hall–Kier alpha value is -5.21. The van der Waals surface area contributed by atoms with Crippen molar-refractivity contribution in [3.05, 3.63) is 102 Å². The van der Waals surface area contributed by atoms with Gasteiger partial charge < -0.3 is 10.6 Å². The predicted molar refractivity (Wildman–Crippen MR) is 154 cm³/mol. The van der Waals surface area contributed by atoms with Crippen LogP contribution in [0.3, 0.4) is 0 Å². The average Bonchev–Trinajstić information content (AvgIpc) is 3.33. The van der Waals surface area contributed by atoms with Crippen LogP contribution < -0.4 is 20.4 Å². The molecule has 1 aliphatic heterocycles. The molecule has 0 bridgehead atoms. The highest BCUT2D eigenvalue weighted by atomic mass is 35.5. The molecule has 12 heteroatoms. The third-order valence-corrected chi connectivity index (χ3v) is 6.46. The van der Waals surface area contributed by atoms with Gasteiger partial charge >= 0.3 is 11.7 Å². The summed E-state index contributed by atoms with van der Waals surface area (Å²) >= 11 is 6.34. The molecule has 0 radical (unpaired) electrons. The molecule has 0 spiro atoms. The molecule has 4 aromatic rings. The van der Waals surface area contributed by atoms with E-state index in [4.69, 9.17) is 18.2 Å². The highest BCUT2D eigenvalue weighted by Gasteiger charge is 2.35. The first-order valence-electron chi connectivity index (χ1n) is 12.2. The Balaban J connectivity index is 1.57. The van der Waals surface area contributed by atoms with E-state index in [2.05, 4.69) is 37.1 Å². The van der Waals surface area contributed by atoms with Gasteiger partial charge in [0, 0.05) is 37.0 Å². The van der Waals surface area contributed by atoms with Crippen LogP contribution >= 0.6 is 11.6 Å². The molecule has 5 rings (SSSR count). The van der Waals surface area contributed by atoms with Gasteiger partial charge in [0.15, 0.2) is 11.0 Å². The van der Waals surface area contributed by atoms with Crippen molar-refractivity contribution in [2.75, 3.05) is 20.4 Å². The number of nitrogens with zero attached hydrogens (tertiary/aromatic N) is 7. The van der Waals surface area contributed by atoms with Crippen LogP contribution in [0.4, 0.5) is 39.3 Å². The van der Waals surface area contributed by atoms with E-state index >= 15 is 0 Å². The fraction of sp³-hybridized carbons (Fsp3) is 0.143. The van der Waals surface area contributed by atoms with Gasteiger partial charge in [0.25, 0.3) is 0 Å². The number of halogens is 1. The van der Waals surface area contributed by atoms with E-state index in [9.17, 15) is 9.59 Å². The first-order valence-corrected chi connectivity index (χ1v) is 12.6. The van der Waals surface area contributed by atoms with Crippen LogP contribution in [0.2, 0.25) is 5.15 Å². The molecule has 0 aliphatic carbocycles. The van der Waals surface area contributed by atoms with Gasteiger partial charge in [-0.2, -0.15) is 14.8 Å².